The first kappa shape index (κ1) is 33.3. The van der Waals surface area contributed by atoms with Gasteiger partial charge in [-0.1, -0.05) is 41.4 Å². The summed E-state index contributed by atoms with van der Waals surface area (Å²) in [5.74, 6) is 0.0451. The Morgan fingerprint density at radius 3 is 1.96 bits per heavy atom. The van der Waals surface area contributed by atoms with Crippen LogP contribution in [0.3, 0.4) is 0 Å². The lowest BCUT2D eigenvalue weighted by Crippen LogP contribution is -2.30. The predicted octanol–water partition coefficient (Wildman–Crippen LogP) is 7.16. The van der Waals surface area contributed by atoms with Crippen LogP contribution in [0.4, 0.5) is 11.4 Å². The third-order valence-electron chi connectivity index (χ3n) is 6.16. The van der Waals surface area contributed by atoms with E-state index in [0.717, 1.165) is 4.90 Å². The van der Waals surface area contributed by atoms with Gasteiger partial charge in [0.05, 0.1) is 27.1 Å². The van der Waals surface area contributed by atoms with Crippen LogP contribution in [-0.2, 0) is 9.59 Å². The Morgan fingerprint density at radius 2 is 1.38 bits per heavy atom. The average molecular weight is 667 g/mol. The fraction of sp³-hybridized carbons (Fsp3) is 0.121. The van der Waals surface area contributed by atoms with E-state index in [0.29, 0.717) is 49.8 Å². The predicted molar refractivity (Wildman–Crippen MR) is 179 cm³/mol. The second kappa shape index (κ2) is 15.9. The summed E-state index contributed by atoms with van der Waals surface area (Å²) in [4.78, 5) is 39.7. The van der Waals surface area contributed by atoms with Crippen molar-refractivity contribution in [1.29, 1.82) is 0 Å². The zero-order chi connectivity index (χ0) is 32.3. The molecule has 0 aliphatic carbocycles. The van der Waals surface area contributed by atoms with Crippen molar-refractivity contribution in [1.82, 2.24) is 5.32 Å². The Bertz CT molecular complexity index is 1670. The summed E-state index contributed by atoms with van der Waals surface area (Å²) in [7, 11) is 4.46. The van der Waals surface area contributed by atoms with Crippen LogP contribution in [0.1, 0.15) is 15.9 Å². The number of ether oxygens (including phenoxy) is 3. The van der Waals surface area contributed by atoms with Crippen LogP contribution >= 0.6 is 35.0 Å². The molecule has 4 rings (SSSR count). The van der Waals surface area contributed by atoms with Gasteiger partial charge in [-0.25, -0.2) is 0 Å². The van der Waals surface area contributed by atoms with Gasteiger partial charge in [0.15, 0.2) is 11.5 Å². The summed E-state index contributed by atoms with van der Waals surface area (Å²) in [6.07, 6.45) is 1.51. The second-order valence-corrected chi connectivity index (χ2v) is 11.2. The highest BCUT2D eigenvalue weighted by atomic mass is 35.5. The van der Waals surface area contributed by atoms with Crippen molar-refractivity contribution in [2.45, 2.75) is 4.90 Å². The number of methoxy groups -OCH3 is 3. The number of carbonyl (C=O) groups is 3. The van der Waals surface area contributed by atoms with Gasteiger partial charge >= 0.3 is 0 Å². The Hall–Kier alpha value is -4.64. The number of hydrogen-bond donors (Lipinski definition) is 3. The zero-order valence-electron chi connectivity index (χ0n) is 24.5. The molecule has 0 aliphatic heterocycles. The van der Waals surface area contributed by atoms with Crippen LogP contribution in [0.25, 0.3) is 6.08 Å². The molecule has 0 saturated carbocycles. The summed E-state index contributed by atoms with van der Waals surface area (Å²) in [6, 6.07) is 23.6. The zero-order valence-corrected chi connectivity index (χ0v) is 26.8. The molecule has 232 valence electrons. The number of hydrogen-bond acceptors (Lipinski definition) is 7. The Labute approximate surface area is 274 Å². The fourth-order valence-electron chi connectivity index (χ4n) is 4.10. The van der Waals surface area contributed by atoms with Crippen molar-refractivity contribution < 1.29 is 28.6 Å². The van der Waals surface area contributed by atoms with E-state index in [-0.39, 0.29) is 17.4 Å². The molecule has 0 atom stereocenters. The van der Waals surface area contributed by atoms with Gasteiger partial charge in [-0.2, -0.15) is 0 Å². The molecule has 12 heteroatoms. The molecule has 4 aromatic carbocycles. The molecular weight excluding hydrogens is 637 g/mol. The van der Waals surface area contributed by atoms with Gasteiger partial charge in [-0.15, -0.1) is 11.8 Å². The van der Waals surface area contributed by atoms with Crippen molar-refractivity contribution in [3.05, 3.63) is 112 Å². The number of amides is 3. The standard InChI is InChI=1S/C33H29Cl2N3O6S/c1-42-28-14-20(15-29(43-2)31(28)44-3)13-27(38-32(40)21-7-5-4-6-8-21)33(41)37-24-9-11-26(12-10-24)45-19-30(39)36-25-17-22(34)16-23(35)18-25/h4-18H,19H2,1-3H3,(H,36,39)(H,37,41)(H,38,40)/b27-13-. The number of halogens is 2. The Balaban J connectivity index is 1.49. The van der Waals surface area contributed by atoms with E-state index in [9.17, 15) is 14.4 Å². The van der Waals surface area contributed by atoms with Crippen molar-refractivity contribution in [3.8, 4) is 17.2 Å². The SMILES string of the molecule is COc1cc(/C=C(\NC(=O)c2ccccc2)C(=O)Nc2ccc(SCC(=O)Nc3cc(Cl)cc(Cl)c3)cc2)cc(OC)c1OC. The second-order valence-electron chi connectivity index (χ2n) is 9.31. The first-order chi connectivity index (χ1) is 21.7. The normalized spacial score (nSPS) is 10.9. The summed E-state index contributed by atoms with van der Waals surface area (Å²) in [5, 5.41) is 9.12. The van der Waals surface area contributed by atoms with Gasteiger partial charge in [0.25, 0.3) is 11.8 Å². The average Bonchev–Trinajstić information content (AvgIpc) is 3.03. The molecule has 0 heterocycles. The molecule has 45 heavy (non-hydrogen) atoms. The van der Waals surface area contributed by atoms with Gasteiger partial charge < -0.3 is 30.2 Å². The lowest BCUT2D eigenvalue weighted by atomic mass is 10.1. The third-order valence-corrected chi connectivity index (χ3v) is 7.60. The minimum Gasteiger partial charge on any atom is -0.493 e. The first-order valence-electron chi connectivity index (χ1n) is 13.4. The van der Waals surface area contributed by atoms with E-state index < -0.39 is 11.8 Å². The summed E-state index contributed by atoms with van der Waals surface area (Å²) >= 11 is 13.3. The molecule has 0 unspecified atom stereocenters. The van der Waals surface area contributed by atoms with Crippen LogP contribution < -0.4 is 30.2 Å². The Kier molecular flexibility index (Phi) is 11.7. The monoisotopic (exact) mass is 665 g/mol. The maximum absolute atomic E-state index is 13.5. The minimum absolute atomic E-state index is 0.0191. The molecule has 0 aromatic heterocycles. The van der Waals surface area contributed by atoms with Crippen molar-refractivity contribution in [2.24, 2.45) is 0 Å². The fourth-order valence-corrected chi connectivity index (χ4v) is 5.32. The molecule has 4 aromatic rings. The largest absolute Gasteiger partial charge is 0.493 e. The third kappa shape index (κ3) is 9.42. The lowest BCUT2D eigenvalue weighted by molar-refractivity contribution is -0.114. The molecular formula is C33H29Cl2N3O6S. The van der Waals surface area contributed by atoms with Crippen molar-refractivity contribution in [3.63, 3.8) is 0 Å². The van der Waals surface area contributed by atoms with Crippen molar-refractivity contribution >= 4 is 70.1 Å². The van der Waals surface area contributed by atoms with E-state index in [4.69, 9.17) is 37.4 Å². The molecule has 0 saturated heterocycles. The van der Waals surface area contributed by atoms with Gasteiger partial charge in [0, 0.05) is 31.9 Å². The van der Waals surface area contributed by atoms with E-state index in [2.05, 4.69) is 16.0 Å². The van der Waals surface area contributed by atoms with E-state index >= 15 is 0 Å². The Morgan fingerprint density at radius 1 is 0.756 bits per heavy atom. The van der Waals surface area contributed by atoms with E-state index in [1.807, 2.05) is 0 Å². The van der Waals surface area contributed by atoms with Gasteiger partial charge in [0.1, 0.15) is 5.70 Å². The maximum Gasteiger partial charge on any atom is 0.272 e. The maximum atomic E-state index is 13.5. The minimum atomic E-state index is -0.562. The number of thioether (sulfide) groups is 1. The first-order valence-corrected chi connectivity index (χ1v) is 15.1. The highest BCUT2D eigenvalue weighted by Gasteiger charge is 2.18. The molecule has 0 radical (unpaired) electrons. The number of anilines is 2. The number of rotatable bonds is 12. The quantitative estimate of drug-likeness (QED) is 0.109. The number of nitrogens with one attached hydrogen (secondary N) is 3. The topological polar surface area (TPSA) is 115 Å². The van der Waals surface area contributed by atoms with E-state index in [1.165, 1.54) is 39.2 Å². The van der Waals surface area contributed by atoms with Gasteiger partial charge in [-0.3, -0.25) is 14.4 Å². The summed E-state index contributed by atoms with van der Waals surface area (Å²) < 4.78 is 16.3. The van der Waals surface area contributed by atoms with Gasteiger partial charge in [0.2, 0.25) is 11.7 Å². The van der Waals surface area contributed by atoms with Crippen LogP contribution in [-0.4, -0.2) is 44.8 Å². The highest BCUT2D eigenvalue weighted by molar-refractivity contribution is 8.00. The van der Waals surface area contributed by atoms with E-state index in [1.54, 1.807) is 84.9 Å². The van der Waals surface area contributed by atoms with Crippen molar-refractivity contribution in [2.75, 3.05) is 37.7 Å². The molecule has 9 nitrogen and oxygen atoms in total. The van der Waals surface area contributed by atoms with Crippen LogP contribution in [0, 0.1) is 0 Å². The smallest absolute Gasteiger partial charge is 0.272 e. The van der Waals surface area contributed by atoms with Crippen LogP contribution in [0.2, 0.25) is 10.0 Å². The molecule has 3 amide bonds. The van der Waals surface area contributed by atoms with Crippen LogP contribution in [0.5, 0.6) is 17.2 Å². The summed E-state index contributed by atoms with van der Waals surface area (Å²) in [6.45, 7) is 0. The molecule has 3 N–H and O–H groups in total. The number of carbonyl (C=O) groups excluding carboxylic acids is 3. The molecule has 0 spiro atoms. The summed E-state index contributed by atoms with van der Waals surface area (Å²) in [5.41, 5.74) is 1.87. The molecule has 0 fully saturated rings. The molecule has 0 aliphatic rings. The lowest BCUT2D eigenvalue weighted by Gasteiger charge is -2.15. The highest BCUT2D eigenvalue weighted by Crippen LogP contribution is 2.38. The number of benzene rings is 4. The van der Waals surface area contributed by atoms with Gasteiger partial charge in [-0.05, 0) is 78.4 Å². The van der Waals surface area contributed by atoms with Crippen LogP contribution in [0.15, 0.2) is 95.5 Å². The molecule has 0 bridgehead atoms.